The fourth-order valence-corrected chi connectivity index (χ4v) is 2.77. The van der Waals surface area contributed by atoms with Gasteiger partial charge >= 0.3 is 0 Å². The molecule has 0 aromatic heterocycles. The molecule has 0 radical (unpaired) electrons. The van der Waals surface area contributed by atoms with Crippen molar-refractivity contribution < 1.29 is 4.39 Å². The van der Waals surface area contributed by atoms with Gasteiger partial charge in [-0.2, -0.15) is 0 Å². The van der Waals surface area contributed by atoms with Crippen molar-refractivity contribution in [1.82, 2.24) is 4.90 Å². The molecule has 1 aliphatic heterocycles. The molecule has 17 heavy (non-hydrogen) atoms. The highest BCUT2D eigenvalue weighted by molar-refractivity contribution is 5.28. The van der Waals surface area contributed by atoms with E-state index >= 15 is 0 Å². The van der Waals surface area contributed by atoms with Crippen molar-refractivity contribution in [2.24, 2.45) is 5.92 Å². The third kappa shape index (κ3) is 3.06. The van der Waals surface area contributed by atoms with E-state index in [9.17, 15) is 4.39 Å². The fraction of sp³-hybridized carbons (Fsp3) is 0.600. The third-order valence-corrected chi connectivity index (χ3v) is 3.72. The maximum atomic E-state index is 13.9. The number of piperidine rings is 1. The Hall–Kier alpha value is -0.890. The first kappa shape index (κ1) is 12.6. The summed E-state index contributed by atoms with van der Waals surface area (Å²) in [7, 11) is 0. The zero-order valence-electron chi connectivity index (χ0n) is 10.9. The van der Waals surface area contributed by atoms with Crippen molar-refractivity contribution in [2.45, 2.75) is 39.7 Å². The van der Waals surface area contributed by atoms with Crippen LogP contribution in [0.2, 0.25) is 0 Å². The zero-order chi connectivity index (χ0) is 12.3. The summed E-state index contributed by atoms with van der Waals surface area (Å²) in [5.41, 5.74) is 2.06. The van der Waals surface area contributed by atoms with Crippen LogP contribution in [0.5, 0.6) is 0 Å². The first-order valence-corrected chi connectivity index (χ1v) is 6.69. The van der Waals surface area contributed by atoms with Gasteiger partial charge in [0.15, 0.2) is 0 Å². The lowest BCUT2D eigenvalue weighted by Gasteiger charge is -2.31. The molecule has 0 amide bonds. The molecule has 0 N–H and O–H groups in total. The topological polar surface area (TPSA) is 3.24 Å². The quantitative estimate of drug-likeness (QED) is 0.773. The predicted molar refractivity (Wildman–Crippen MR) is 69.5 cm³/mol. The van der Waals surface area contributed by atoms with Crippen LogP contribution < -0.4 is 0 Å². The van der Waals surface area contributed by atoms with Crippen LogP contribution in [0.1, 0.15) is 37.8 Å². The highest BCUT2D eigenvalue weighted by atomic mass is 19.1. The largest absolute Gasteiger partial charge is 0.299 e. The Balaban J connectivity index is 2.12. The average molecular weight is 235 g/mol. The summed E-state index contributed by atoms with van der Waals surface area (Å²) < 4.78 is 13.9. The van der Waals surface area contributed by atoms with E-state index in [2.05, 4.69) is 18.7 Å². The third-order valence-electron chi connectivity index (χ3n) is 3.72. The summed E-state index contributed by atoms with van der Waals surface area (Å²) in [6.45, 7) is 7.38. The minimum absolute atomic E-state index is 0.0393. The van der Waals surface area contributed by atoms with Crippen LogP contribution in [-0.2, 0) is 13.0 Å². The van der Waals surface area contributed by atoms with Gasteiger partial charge < -0.3 is 0 Å². The lowest BCUT2D eigenvalue weighted by atomic mass is 9.98. The van der Waals surface area contributed by atoms with Gasteiger partial charge in [-0.15, -0.1) is 0 Å². The van der Waals surface area contributed by atoms with Crippen molar-refractivity contribution in [2.75, 3.05) is 13.1 Å². The second kappa shape index (κ2) is 5.63. The second-order valence-electron chi connectivity index (χ2n) is 5.21. The number of halogens is 1. The van der Waals surface area contributed by atoms with Crippen molar-refractivity contribution in [1.29, 1.82) is 0 Å². The van der Waals surface area contributed by atoms with Crippen molar-refractivity contribution in [3.63, 3.8) is 0 Å². The molecule has 1 unspecified atom stereocenters. The summed E-state index contributed by atoms with van der Waals surface area (Å²) in [5, 5.41) is 0. The van der Waals surface area contributed by atoms with Crippen LogP contribution in [0, 0.1) is 11.7 Å². The Bertz CT molecular complexity index is 375. The van der Waals surface area contributed by atoms with E-state index in [0.29, 0.717) is 0 Å². The van der Waals surface area contributed by atoms with E-state index < -0.39 is 0 Å². The Morgan fingerprint density at radius 3 is 2.94 bits per heavy atom. The van der Waals surface area contributed by atoms with Crippen molar-refractivity contribution >= 4 is 0 Å². The Labute approximate surface area is 104 Å². The Morgan fingerprint density at radius 1 is 1.41 bits per heavy atom. The molecule has 0 saturated carbocycles. The summed E-state index contributed by atoms with van der Waals surface area (Å²) in [5.74, 6) is 0.711. The minimum Gasteiger partial charge on any atom is -0.299 e. The first-order chi connectivity index (χ1) is 8.20. The van der Waals surface area contributed by atoms with Gasteiger partial charge in [0, 0.05) is 18.7 Å². The van der Waals surface area contributed by atoms with Crippen LogP contribution in [0.15, 0.2) is 18.2 Å². The lowest BCUT2D eigenvalue weighted by molar-refractivity contribution is 0.174. The van der Waals surface area contributed by atoms with Crippen LogP contribution in [0.25, 0.3) is 0 Å². The second-order valence-corrected chi connectivity index (χ2v) is 5.21. The van der Waals surface area contributed by atoms with E-state index in [4.69, 9.17) is 0 Å². The molecule has 2 rings (SSSR count). The predicted octanol–water partition coefficient (Wildman–Crippen LogP) is 3.62. The molecule has 1 saturated heterocycles. The molecule has 1 aliphatic rings. The molecular weight excluding hydrogens is 213 g/mol. The molecular formula is C15H22FN. The molecule has 1 fully saturated rings. The van der Waals surface area contributed by atoms with Gasteiger partial charge in [0.25, 0.3) is 0 Å². The van der Waals surface area contributed by atoms with Crippen LogP contribution in [0.4, 0.5) is 4.39 Å². The molecule has 1 nitrogen and oxygen atoms in total. The van der Waals surface area contributed by atoms with Gasteiger partial charge in [0.2, 0.25) is 0 Å². The van der Waals surface area contributed by atoms with Crippen LogP contribution in [0.3, 0.4) is 0 Å². The molecule has 0 spiro atoms. The maximum Gasteiger partial charge on any atom is 0.127 e. The van der Waals surface area contributed by atoms with E-state index in [-0.39, 0.29) is 5.82 Å². The molecule has 1 aromatic carbocycles. The normalized spacial score (nSPS) is 21.7. The summed E-state index contributed by atoms with van der Waals surface area (Å²) in [4.78, 5) is 2.39. The lowest BCUT2D eigenvalue weighted by Crippen LogP contribution is -2.34. The molecule has 0 aliphatic carbocycles. The summed E-state index contributed by atoms with van der Waals surface area (Å²) in [6.07, 6.45) is 3.47. The maximum absolute atomic E-state index is 13.9. The number of hydrogen-bond acceptors (Lipinski definition) is 1. The molecule has 2 heteroatoms. The van der Waals surface area contributed by atoms with Gasteiger partial charge in [-0.3, -0.25) is 4.90 Å². The first-order valence-electron chi connectivity index (χ1n) is 6.69. The Kier molecular flexibility index (Phi) is 4.16. The van der Waals surface area contributed by atoms with E-state index in [1.807, 2.05) is 12.1 Å². The van der Waals surface area contributed by atoms with Gasteiger partial charge in [-0.1, -0.05) is 26.0 Å². The number of hydrogen-bond donors (Lipinski definition) is 0. The molecule has 1 heterocycles. The average Bonchev–Trinajstić information content (AvgIpc) is 2.32. The molecule has 1 atom stereocenters. The number of rotatable bonds is 3. The molecule has 0 bridgehead atoms. The number of likely N-dealkylation sites (tertiary alicyclic amines) is 1. The van der Waals surface area contributed by atoms with Gasteiger partial charge in [0.05, 0.1) is 0 Å². The minimum atomic E-state index is -0.0393. The Morgan fingerprint density at radius 2 is 2.24 bits per heavy atom. The van der Waals surface area contributed by atoms with E-state index in [0.717, 1.165) is 43.1 Å². The number of benzene rings is 1. The van der Waals surface area contributed by atoms with Gasteiger partial charge in [0.1, 0.15) is 5.82 Å². The smallest absolute Gasteiger partial charge is 0.127 e. The van der Waals surface area contributed by atoms with Crippen LogP contribution in [-0.4, -0.2) is 18.0 Å². The number of nitrogens with zero attached hydrogens (tertiary/aromatic N) is 1. The highest BCUT2D eigenvalue weighted by Crippen LogP contribution is 2.21. The van der Waals surface area contributed by atoms with Gasteiger partial charge in [-0.25, -0.2) is 4.39 Å². The zero-order valence-corrected chi connectivity index (χ0v) is 10.9. The highest BCUT2D eigenvalue weighted by Gasteiger charge is 2.18. The van der Waals surface area contributed by atoms with Crippen LogP contribution >= 0.6 is 0 Å². The summed E-state index contributed by atoms with van der Waals surface area (Å²) in [6, 6.07) is 5.45. The van der Waals surface area contributed by atoms with Gasteiger partial charge in [-0.05, 0) is 43.4 Å². The summed E-state index contributed by atoms with van der Waals surface area (Å²) >= 11 is 0. The van der Waals surface area contributed by atoms with E-state index in [1.165, 1.54) is 12.8 Å². The molecule has 94 valence electrons. The number of aryl methyl sites for hydroxylation is 1. The van der Waals surface area contributed by atoms with Crippen molar-refractivity contribution in [3.05, 3.63) is 35.1 Å². The molecule has 1 aromatic rings. The monoisotopic (exact) mass is 235 g/mol. The fourth-order valence-electron chi connectivity index (χ4n) is 2.77. The standard InChI is InChI=1S/C15H22FN/c1-3-13-7-4-8-15(16)14(13)11-17-9-5-6-12(2)10-17/h4,7-8,12H,3,5-6,9-11H2,1-2H3. The van der Waals surface area contributed by atoms with E-state index in [1.54, 1.807) is 6.07 Å². The van der Waals surface area contributed by atoms with Crippen molar-refractivity contribution in [3.8, 4) is 0 Å². The SMILES string of the molecule is CCc1cccc(F)c1CN1CCCC(C)C1.